The van der Waals surface area contributed by atoms with Crippen molar-refractivity contribution in [1.82, 2.24) is 25.2 Å². The van der Waals surface area contributed by atoms with Gasteiger partial charge in [0.1, 0.15) is 17.8 Å². The highest BCUT2D eigenvalue weighted by Crippen LogP contribution is 2.42. The molecule has 2 amide bonds. The lowest BCUT2D eigenvalue weighted by Crippen LogP contribution is -2.27. The highest BCUT2D eigenvalue weighted by molar-refractivity contribution is 6.02. The molecule has 232 valence electrons. The van der Waals surface area contributed by atoms with Gasteiger partial charge >= 0.3 is 0 Å². The number of anilines is 6. The second-order valence-corrected chi connectivity index (χ2v) is 11.1. The maximum Gasteiger partial charge on any atom is 0.253 e. The molecule has 2 aliphatic rings. The number of likely N-dealkylation sites (tertiary alicyclic amines) is 1. The largest absolute Gasteiger partial charge is 0.494 e. The SMILES string of the molecule is C=CC(=O)Nc1cc(Nc2ncc(-c3ncco3)c(Nc3ccccc3C(=O)NC)n2)c(OC)cc1N1CC2CN(C)CC2C1. The molecule has 4 heterocycles. The molecule has 0 aliphatic carbocycles. The molecule has 4 aromatic rings. The van der Waals surface area contributed by atoms with Gasteiger partial charge in [-0.15, -0.1) is 0 Å². The number of nitrogens with zero attached hydrogens (tertiary/aromatic N) is 5. The highest BCUT2D eigenvalue weighted by atomic mass is 16.5. The van der Waals surface area contributed by atoms with Crippen LogP contribution in [0.25, 0.3) is 11.5 Å². The summed E-state index contributed by atoms with van der Waals surface area (Å²) in [5.74, 6) is 2.00. The van der Waals surface area contributed by atoms with Crippen molar-refractivity contribution in [2.45, 2.75) is 0 Å². The van der Waals surface area contributed by atoms with Crippen LogP contribution in [0.5, 0.6) is 5.75 Å². The number of aromatic nitrogens is 3. The van der Waals surface area contributed by atoms with Gasteiger partial charge in [-0.25, -0.2) is 9.97 Å². The van der Waals surface area contributed by atoms with E-state index in [1.807, 2.05) is 18.2 Å². The summed E-state index contributed by atoms with van der Waals surface area (Å²) in [6.45, 7) is 7.51. The van der Waals surface area contributed by atoms with E-state index in [0.29, 0.717) is 57.5 Å². The maximum atomic E-state index is 12.6. The minimum atomic E-state index is -0.320. The van der Waals surface area contributed by atoms with Gasteiger partial charge in [0.25, 0.3) is 5.91 Å². The van der Waals surface area contributed by atoms with Gasteiger partial charge in [0.05, 0.1) is 47.2 Å². The zero-order valence-electron chi connectivity index (χ0n) is 25.3. The molecule has 2 aromatic heterocycles. The zero-order chi connectivity index (χ0) is 31.5. The van der Waals surface area contributed by atoms with Gasteiger partial charge in [0.15, 0.2) is 0 Å². The topological polar surface area (TPSA) is 150 Å². The van der Waals surface area contributed by atoms with Crippen LogP contribution in [0.4, 0.5) is 34.5 Å². The average Bonchev–Trinajstić information content (AvgIpc) is 3.79. The first kappa shape index (κ1) is 29.6. The quantitative estimate of drug-likeness (QED) is 0.192. The lowest BCUT2D eigenvalue weighted by atomic mass is 10.0. The number of ether oxygens (including phenoxy) is 1. The van der Waals surface area contributed by atoms with E-state index >= 15 is 0 Å². The van der Waals surface area contributed by atoms with Crippen LogP contribution in [0, 0.1) is 11.8 Å². The molecule has 2 atom stereocenters. The summed E-state index contributed by atoms with van der Waals surface area (Å²) in [7, 11) is 5.32. The van der Waals surface area contributed by atoms with Crippen LogP contribution < -0.4 is 30.9 Å². The Hall–Kier alpha value is -5.43. The number of amides is 2. The van der Waals surface area contributed by atoms with E-state index < -0.39 is 0 Å². The predicted molar refractivity (Wildman–Crippen MR) is 172 cm³/mol. The molecular weight excluding hydrogens is 574 g/mol. The van der Waals surface area contributed by atoms with Gasteiger partial charge in [-0.1, -0.05) is 18.7 Å². The van der Waals surface area contributed by atoms with Crippen LogP contribution >= 0.6 is 0 Å². The summed E-state index contributed by atoms with van der Waals surface area (Å²) in [5.41, 5.74) is 3.49. The third-order valence-electron chi connectivity index (χ3n) is 8.12. The lowest BCUT2D eigenvalue weighted by Gasteiger charge is -2.26. The van der Waals surface area contributed by atoms with E-state index in [4.69, 9.17) is 14.1 Å². The first-order chi connectivity index (χ1) is 21.9. The molecule has 0 saturated carbocycles. The van der Waals surface area contributed by atoms with Crippen LogP contribution in [-0.4, -0.2) is 79.1 Å². The summed E-state index contributed by atoms with van der Waals surface area (Å²) in [6.07, 6.45) is 5.81. The van der Waals surface area contributed by atoms with Crippen LogP contribution in [0.3, 0.4) is 0 Å². The van der Waals surface area contributed by atoms with Crippen molar-refractivity contribution in [2.24, 2.45) is 11.8 Å². The Morgan fingerprint density at radius 2 is 1.82 bits per heavy atom. The smallest absolute Gasteiger partial charge is 0.253 e. The van der Waals surface area contributed by atoms with E-state index in [1.165, 1.54) is 18.5 Å². The summed E-state index contributed by atoms with van der Waals surface area (Å²) < 4.78 is 11.4. The first-order valence-electron chi connectivity index (χ1n) is 14.6. The number of methoxy groups -OCH3 is 1. The summed E-state index contributed by atoms with van der Waals surface area (Å²) in [4.78, 5) is 43.2. The zero-order valence-corrected chi connectivity index (χ0v) is 25.3. The van der Waals surface area contributed by atoms with Crippen LogP contribution in [0.1, 0.15) is 10.4 Å². The van der Waals surface area contributed by atoms with E-state index in [1.54, 1.807) is 38.6 Å². The molecule has 13 nitrogen and oxygen atoms in total. The lowest BCUT2D eigenvalue weighted by molar-refractivity contribution is -0.111. The fraction of sp³-hybridized carbons (Fsp3) is 0.281. The number of oxazole rings is 1. The van der Waals surface area contributed by atoms with E-state index in [2.05, 4.69) is 54.7 Å². The third kappa shape index (κ3) is 6.15. The van der Waals surface area contributed by atoms with Crippen molar-refractivity contribution in [3.8, 4) is 17.2 Å². The number of benzene rings is 2. The Morgan fingerprint density at radius 1 is 1.04 bits per heavy atom. The minimum absolute atomic E-state index is 0.232. The average molecular weight is 610 g/mol. The summed E-state index contributed by atoms with van der Waals surface area (Å²) >= 11 is 0. The summed E-state index contributed by atoms with van der Waals surface area (Å²) in [6, 6.07) is 10.8. The van der Waals surface area contributed by atoms with E-state index in [9.17, 15) is 9.59 Å². The van der Waals surface area contributed by atoms with Gasteiger partial charge in [-0.3, -0.25) is 9.59 Å². The Bertz CT molecular complexity index is 1710. The molecule has 6 rings (SSSR count). The van der Waals surface area contributed by atoms with Gasteiger partial charge in [-0.05, 0) is 43.2 Å². The van der Waals surface area contributed by atoms with Crippen molar-refractivity contribution in [3.63, 3.8) is 0 Å². The number of hydrogen-bond acceptors (Lipinski definition) is 11. The monoisotopic (exact) mass is 609 g/mol. The number of fused-ring (bicyclic) bond motifs is 1. The molecule has 45 heavy (non-hydrogen) atoms. The van der Waals surface area contributed by atoms with Crippen molar-refractivity contribution in [1.29, 1.82) is 0 Å². The fourth-order valence-electron chi connectivity index (χ4n) is 6.03. The van der Waals surface area contributed by atoms with Crippen LogP contribution in [0.2, 0.25) is 0 Å². The number of rotatable bonds is 10. The highest BCUT2D eigenvalue weighted by Gasteiger charge is 2.39. The second-order valence-electron chi connectivity index (χ2n) is 11.1. The van der Waals surface area contributed by atoms with Gasteiger partial charge in [0.2, 0.25) is 17.7 Å². The number of hydrogen-bond donors (Lipinski definition) is 4. The Balaban J connectivity index is 1.36. The standard InChI is InChI=1S/C32H35N9O4/c1-5-28(42)36-24-12-25(27(44-4)13-26(24)41-17-19-15-40(3)16-20(19)18-41)38-32-35-14-22(31-34-10-11-45-31)29(39-32)37-23-9-7-6-8-21(23)30(43)33-2/h5-14,19-20H,1,15-18H2,2-4H3,(H,33,43)(H,36,42)(H2,35,37,38,39). The molecule has 0 bridgehead atoms. The fourth-order valence-corrected chi connectivity index (χ4v) is 6.03. The molecule has 2 aliphatic heterocycles. The Kier molecular flexibility index (Phi) is 8.34. The molecule has 13 heteroatoms. The Labute approximate surface area is 260 Å². The van der Waals surface area contributed by atoms with Crippen molar-refractivity contribution in [3.05, 3.63) is 73.3 Å². The van der Waals surface area contributed by atoms with E-state index in [0.717, 1.165) is 31.9 Å². The number of nitrogens with one attached hydrogen (secondary N) is 4. The number of para-hydroxylation sites is 1. The normalized spacial score (nSPS) is 17.4. The molecule has 2 saturated heterocycles. The predicted octanol–water partition coefficient (Wildman–Crippen LogP) is 4.11. The first-order valence-corrected chi connectivity index (χ1v) is 14.6. The van der Waals surface area contributed by atoms with Crippen LogP contribution in [0.15, 0.2) is 72.1 Å². The summed E-state index contributed by atoms with van der Waals surface area (Å²) in [5, 5.41) is 12.1. The van der Waals surface area contributed by atoms with Crippen molar-refractivity contribution >= 4 is 46.3 Å². The van der Waals surface area contributed by atoms with Crippen LogP contribution in [-0.2, 0) is 4.79 Å². The van der Waals surface area contributed by atoms with Crippen molar-refractivity contribution in [2.75, 3.05) is 68.2 Å². The maximum absolute atomic E-state index is 12.6. The van der Waals surface area contributed by atoms with Gasteiger partial charge in [0, 0.05) is 45.5 Å². The molecule has 2 unspecified atom stereocenters. The third-order valence-corrected chi connectivity index (χ3v) is 8.12. The van der Waals surface area contributed by atoms with E-state index in [-0.39, 0.29) is 17.8 Å². The van der Waals surface area contributed by atoms with Crippen molar-refractivity contribution < 1.29 is 18.7 Å². The van der Waals surface area contributed by atoms with Gasteiger partial charge < -0.3 is 40.2 Å². The minimum Gasteiger partial charge on any atom is -0.494 e. The molecule has 4 N–H and O–H groups in total. The number of carbonyl (C=O) groups excluding carboxylic acids is 2. The molecular formula is C32H35N9O4. The molecule has 2 aromatic carbocycles. The number of carbonyl (C=O) groups is 2. The second kappa shape index (κ2) is 12.7. The molecule has 2 fully saturated rings. The Morgan fingerprint density at radius 3 is 2.51 bits per heavy atom. The van der Waals surface area contributed by atoms with Gasteiger partial charge in [-0.2, -0.15) is 4.98 Å². The molecule has 0 spiro atoms. The molecule has 0 radical (unpaired) electrons.